The van der Waals surface area contributed by atoms with E-state index in [-0.39, 0.29) is 17.5 Å². The second kappa shape index (κ2) is 14.5. The first-order valence-electron chi connectivity index (χ1n) is 15.3. The van der Waals surface area contributed by atoms with Crippen LogP contribution in [-0.2, 0) is 0 Å². The summed E-state index contributed by atoms with van der Waals surface area (Å²) in [4.78, 5) is 27.8. The number of piperazine rings is 1. The van der Waals surface area contributed by atoms with Crippen molar-refractivity contribution in [3.05, 3.63) is 105 Å². The van der Waals surface area contributed by atoms with Gasteiger partial charge in [-0.3, -0.25) is 4.90 Å². The van der Waals surface area contributed by atoms with Gasteiger partial charge in [0, 0.05) is 55.7 Å². The smallest absolute Gasteiger partial charge is 0.413 e. The topological polar surface area (TPSA) is 94.1 Å². The first kappa shape index (κ1) is 33.1. The minimum Gasteiger partial charge on any atom is -0.489 e. The van der Waals surface area contributed by atoms with Gasteiger partial charge in [-0.05, 0) is 92.9 Å². The third-order valence-corrected chi connectivity index (χ3v) is 8.58. The molecule has 1 aliphatic heterocycles. The Morgan fingerprint density at radius 3 is 2.41 bits per heavy atom. The molecule has 2 heterocycles. The number of nitrogens with zero attached hydrogens (tertiary/aromatic N) is 5. The molecule has 2 N–H and O–H groups in total. The van der Waals surface area contributed by atoms with E-state index in [0.717, 1.165) is 66.1 Å². The Labute approximate surface area is 274 Å². The summed E-state index contributed by atoms with van der Waals surface area (Å²) in [6.45, 7) is 13.0. The van der Waals surface area contributed by atoms with Gasteiger partial charge in [0.05, 0.1) is 6.04 Å². The van der Waals surface area contributed by atoms with Crippen molar-refractivity contribution >= 4 is 35.1 Å². The van der Waals surface area contributed by atoms with Crippen molar-refractivity contribution in [1.82, 2.24) is 19.8 Å². The fourth-order valence-electron chi connectivity index (χ4n) is 6.02. The second-order valence-electron chi connectivity index (χ2n) is 11.9. The van der Waals surface area contributed by atoms with E-state index in [2.05, 4.69) is 32.1 Å². The number of rotatable bonds is 10. The Balaban J connectivity index is 1.41. The van der Waals surface area contributed by atoms with Gasteiger partial charge in [0.1, 0.15) is 12.4 Å². The Morgan fingerprint density at radius 2 is 1.74 bits per heavy atom. The van der Waals surface area contributed by atoms with Crippen LogP contribution in [0, 0.1) is 33.5 Å². The van der Waals surface area contributed by atoms with Crippen molar-refractivity contribution in [3.63, 3.8) is 0 Å². The van der Waals surface area contributed by atoms with Gasteiger partial charge in [0.25, 0.3) is 0 Å². The number of nitrogens with one attached hydrogen (secondary N) is 1. The molecule has 1 unspecified atom stereocenters. The van der Waals surface area contributed by atoms with Gasteiger partial charge in [0.2, 0.25) is 5.95 Å². The van der Waals surface area contributed by atoms with Crippen molar-refractivity contribution < 1.29 is 19.0 Å². The number of amides is 1. The molecule has 1 amide bonds. The first-order valence-corrected chi connectivity index (χ1v) is 15.7. The van der Waals surface area contributed by atoms with Gasteiger partial charge in [-0.2, -0.15) is 4.98 Å². The standard InChI is InChI=1S/C35H40ClFN6O3/c1-22-18-24(3)32(25(4)19-22)33(28-20-26(36)7-6-23(28)2)43(35(44)45)31-10-11-38-34(40-31)39-27-8-9-30(29(37)21-27)46-17-16-42-14-12-41(5)13-15-42/h6-11,18-21,33H,12-17H2,1-5H3,(H,44,45)(H,38,39,40). The zero-order chi connectivity index (χ0) is 33.0. The molecule has 1 atom stereocenters. The number of aromatic nitrogens is 2. The SMILES string of the molecule is Cc1cc(C)c(C(c2cc(Cl)ccc2C)N(C(=O)O)c2ccnc(Nc3ccc(OCCN4CCN(C)CC4)c(F)c3)n2)c(C)c1. The molecule has 1 aromatic heterocycles. The molecule has 0 saturated carbocycles. The van der Waals surface area contributed by atoms with Crippen LogP contribution < -0.4 is 15.0 Å². The number of hydrogen-bond donors (Lipinski definition) is 2. The fraction of sp³-hybridized carbons (Fsp3) is 0.343. The maximum absolute atomic E-state index is 15.0. The molecule has 0 aliphatic carbocycles. The maximum atomic E-state index is 15.0. The largest absolute Gasteiger partial charge is 0.489 e. The lowest BCUT2D eigenvalue weighted by atomic mass is 9.87. The molecule has 4 aromatic rings. The van der Waals surface area contributed by atoms with E-state index in [1.54, 1.807) is 30.3 Å². The number of hydrogen-bond acceptors (Lipinski definition) is 7. The van der Waals surface area contributed by atoms with E-state index >= 15 is 4.39 Å². The van der Waals surface area contributed by atoms with Gasteiger partial charge < -0.3 is 20.1 Å². The van der Waals surface area contributed by atoms with Crippen molar-refractivity contribution in [2.45, 2.75) is 33.7 Å². The number of carboxylic acid groups (broad SMARTS) is 1. The van der Waals surface area contributed by atoms with Crippen LogP contribution in [0.2, 0.25) is 5.02 Å². The summed E-state index contributed by atoms with van der Waals surface area (Å²) >= 11 is 6.45. The maximum Gasteiger partial charge on any atom is 0.413 e. The average Bonchev–Trinajstić information content (AvgIpc) is 2.99. The van der Waals surface area contributed by atoms with Crippen molar-refractivity contribution in [1.29, 1.82) is 0 Å². The highest BCUT2D eigenvalue weighted by Gasteiger charge is 2.33. The molecule has 0 radical (unpaired) electrons. The quantitative estimate of drug-likeness (QED) is 0.188. The van der Waals surface area contributed by atoms with E-state index in [4.69, 9.17) is 16.3 Å². The molecule has 5 rings (SSSR count). The van der Waals surface area contributed by atoms with Crippen LogP contribution >= 0.6 is 11.6 Å². The summed E-state index contributed by atoms with van der Waals surface area (Å²) in [6, 6.07) is 14.9. The number of benzene rings is 3. The molecule has 46 heavy (non-hydrogen) atoms. The number of halogens is 2. The molecule has 1 aliphatic rings. The average molecular weight is 647 g/mol. The van der Waals surface area contributed by atoms with Gasteiger partial charge in [0.15, 0.2) is 11.6 Å². The number of likely N-dealkylation sites (N-methyl/N-ethyl adjacent to an activating group) is 1. The molecule has 1 fully saturated rings. The highest BCUT2D eigenvalue weighted by atomic mass is 35.5. The molecule has 0 bridgehead atoms. The van der Waals surface area contributed by atoms with Crippen LogP contribution in [0.15, 0.2) is 60.8 Å². The Morgan fingerprint density at radius 1 is 1.02 bits per heavy atom. The van der Waals surface area contributed by atoms with Crippen LogP contribution in [0.25, 0.3) is 0 Å². The predicted molar refractivity (Wildman–Crippen MR) is 180 cm³/mol. The number of aryl methyl sites for hydroxylation is 4. The fourth-order valence-corrected chi connectivity index (χ4v) is 6.20. The normalized spacial score (nSPS) is 14.6. The number of ether oxygens (including phenoxy) is 1. The molecular weight excluding hydrogens is 607 g/mol. The van der Waals surface area contributed by atoms with Crippen molar-refractivity contribution in [3.8, 4) is 5.75 Å². The predicted octanol–water partition coefficient (Wildman–Crippen LogP) is 7.15. The lowest BCUT2D eigenvalue weighted by Crippen LogP contribution is -2.45. The highest BCUT2D eigenvalue weighted by molar-refractivity contribution is 6.30. The third-order valence-electron chi connectivity index (χ3n) is 8.35. The van der Waals surface area contributed by atoms with Gasteiger partial charge in [-0.25, -0.2) is 19.1 Å². The van der Waals surface area contributed by atoms with E-state index in [1.165, 1.54) is 17.2 Å². The molecular formula is C35H40ClFN6O3. The molecule has 0 spiro atoms. The molecule has 11 heteroatoms. The van der Waals surface area contributed by atoms with Gasteiger partial charge >= 0.3 is 6.09 Å². The Bertz CT molecular complexity index is 1690. The highest BCUT2D eigenvalue weighted by Crippen LogP contribution is 2.39. The van der Waals surface area contributed by atoms with Crippen LogP contribution in [0.3, 0.4) is 0 Å². The molecule has 9 nitrogen and oxygen atoms in total. The zero-order valence-corrected chi connectivity index (χ0v) is 27.6. The number of carbonyl (C=O) groups is 1. The summed E-state index contributed by atoms with van der Waals surface area (Å²) in [5.41, 5.74) is 5.84. The molecule has 3 aromatic carbocycles. The zero-order valence-electron chi connectivity index (χ0n) is 26.8. The minimum absolute atomic E-state index is 0.116. The summed E-state index contributed by atoms with van der Waals surface area (Å²) in [7, 11) is 2.11. The van der Waals surface area contributed by atoms with Crippen LogP contribution in [0.5, 0.6) is 5.75 Å². The van der Waals surface area contributed by atoms with Crippen LogP contribution in [0.4, 0.5) is 26.6 Å². The van der Waals surface area contributed by atoms with E-state index in [0.29, 0.717) is 17.3 Å². The summed E-state index contributed by atoms with van der Waals surface area (Å²) in [6.07, 6.45) is 0.279. The van der Waals surface area contributed by atoms with Crippen molar-refractivity contribution in [2.75, 3.05) is 56.6 Å². The molecule has 1 saturated heterocycles. The van der Waals surface area contributed by atoms with Gasteiger partial charge in [-0.1, -0.05) is 35.4 Å². The van der Waals surface area contributed by atoms with E-state index < -0.39 is 18.0 Å². The first-order chi connectivity index (χ1) is 22.0. The number of anilines is 3. The second-order valence-corrected chi connectivity index (χ2v) is 12.3. The lowest BCUT2D eigenvalue weighted by Gasteiger charge is -2.33. The molecule has 242 valence electrons. The van der Waals surface area contributed by atoms with Crippen LogP contribution in [-0.4, -0.2) is 77.3 Å². The summed E-state index contributed by atoms with van der Waals surface area (Å²) < 4.78 is 20.7. The Hall–Kier alpha value is -4.25. The summed E-state index contributed by atoms with van der Waals surface area (Å²) in [5.74, 6) is -0.0904. The van der Waals surface area contributed by atoms with Crippen molar-refractivity contribution in [2.24, 2.45) is 0 Å². The van der Waals surface area contributed by atoms with Crippen LogP contribution in [0.1, 0.15) is 39.4 Å². The Kier molecular flexibility index (Phi) is 10.4. The van der Waals surface area contributed by atoms with Gasteiger partial charge in [-0.15, -0.1) is 0 Å². The lowest BCUT2D eigenvalue weighted by molar-refractivity contribution is 0.132. The minimum atomic E-state index is -1.20. The van der Waals surface area contributed by atoms with E-state index in [1.807, 2.05) is 45.9 Å². The third kappa shape index (κ3) is 7.75. The van der Waals surface area contributed by atoms with E-state index in [9.17, 15) is 9.90 Å². The summed E-state index contributed by atoms with van der Waals surface area (Å²) in [5, 5.41) is 14.2. The monoisotopic (exact) mass is 646 g/mol.